The van der Waals surface area contributed by atoms with Crippen LogP contribution in [0, 0.1) is 27.6 Å². The number of nitrogens with zero attached hydrogens (tertiary/aromatic N) is 4. The smallest absolute Gasteiger partial charge is 0.267 e. The standard InChI is InChI=1S/C31H31N4/c1-20-13-12-14-21(2)29(20)34-19-27(33(6)30(34)24-15-8-7-9-16-24)35-23(4)22(3)28-25-17-10-11-18-26(25)32(5)31(28)35/h7-19H,1-6H3/q+1/i3D3,4D3. The van der Waals surface area contributed by atoms with Crippen molar-refractivity contribution in [3.05, 3.63) is 101 Å². The molecular formula is C31H31N4+. The van der Waals surface area contributed by atoms with Gasteiger partial charge in [-0.25, -0.2) is 13.7 Å². The summed E-state index contributed by atoms with van der Waals surface area (Å²) in [6.07, 6.45) is 1.92. The van der Waals surface area contributed by atoms with Gasteiger partial charge >= 0.3 is 0 Å². The van der Waals surface area contributed by atoms with Crippen LogP contribution < -0.4 is 4.57 Å². The average molecular weight is 466 g/mol. The van der Waals surface area contributed by atoms with E-state index in [2.05, 4.69) is 30.5 Å². The zero-order chi connectivity index (χ0) is 29.4. The number of hydrogen-bond donors (Lipinski definition) is 0. The molecule has 4 heteroatoms. The van der Waals surface area contributed by atoms with Crippen molar-refractivity contribution < 1.29 is 12.8 Å². The second-order valence-electron chi connectivity index (χ2n) is 9.18. The molecule has 0 aliphatic rings. The Bertz CT molecular complexity index is 1930. The third-order valence-electron chi connectivity index (χ3n) is 7.07. The molecule has 35 heavy (non-hydrogen) atoms. The summed E-state index contributed by atoms with van der Waals surface area (Å²) in [7, 11) is 3.75. The molecule has 0 aliphatic heterocycles. The molecule has 4 nitrogen and oxygen atoms in total. The molecule has 3 aromatic carbocycles. The van der Waals surface area contributed by atoms with E-state index in [-0.39, 0.29) is 11.3 Å². The number of fused-ring (bicyclic) bond motifs is 3. The highest BCUT2D eigenvalue weighted by atomic mass is 15.3. The van der Waals surface area contributed by atoms with E-state index in [4.69, 9.17) is 8.22 Å². The largest absolute Gasteiger partial charge is 0.317 e. The number of imidazole rings is 1. The summed E-state index contributed by atoms with van der Waals surface area (Å²) in [6, 6.07) is 23.6. The van der Waals surface area contributed by atoms with Crippen LogP contribution in [-0.2, 0) is 14.1 Å². The Kier molecular flexibility index (Phi) is 3.49. The van der Waals surface area contributed by atoms with Crippen molar-refractivity contribution in [1.29, 1.82) is 0 Å². The number of rotatable bonds is 3. The molecule has 0 bridgehead atoms. The van der Waals surface area contributed by atoms with E-state index in [0.717, 1.165) is 33.7 Å². The Balaban J connectivity index is 1.85. The van der Waals surface area contributed by atoms with Gasteiger partial charge in [-0.3, -0.25) is 0 Å². The maximum atomic E-state index is 8.60. The minimum Gasteiger partial charge on any atom is -0.317 e. The monoisotopic (exact) mass is 465 g/mol. The summed E-state index contributed by atoms with van der Waals surface area (Å²) in [4.78, 5) is 0. The molecule has 6 aromatic rings. The van der Waals surface area contributed by atoms with Crippen LogP contribution in [0.3, 0.4) is 0 Å². The van der Waals surface area contributed by atoms with Gasteiger partial charge in [-0.1, -0.05) is 54.6 Å². The van der Waals surface area contributed by atoms with E-state index in [9.17, 15) is 0 Å². The van der Waals surface area contributed by atoms with Gasteiger partial charge in [0.15, 0.2) is 5.65 Å². The minimum atomic E-state index is -2.70. The van der Waals surface area contributed by atoms with Gasteiger partial charge < -0.3 is 4.57 Å². The van der Waals surface area contributed by atoms with E-state index in [1.165, 1.54) is 0 Å². The molecule has 3 aromatic heterocycles. The first-order chi connectivity index (χ1) is 19.3. The first kappa shape index (κ1) is 15.8. The Morgan fingerprint density at radius 1 is 0.829 bits per heavy atom. The van der Waals surface area contributed by atoms with Crippen molar-refractivity contribution in [2.24, 2.45) is 14.1 Å². The molecule has 174 valence electrons. The Morgan fingerprint density at radius 3 is 2.26 bits per heavy atom. The lowest BCUT2D eigenvalue weighted by Crippen LogP contribution is -2.34. The summed E-state index contributed by atoms with van der Waals surface area (Å²) in [5, 5.41) is 1.15. The fraction of sp³-hybridized carbons (Fsp3) is 0.194. The molecular weight excluding hydrogens is 428 g/mol. The molecule has 0 fully saturated rings. The molecule has 0 saturated carbocycles. The number of aromatic nitrogens is 4. The van der Waals surface area contributed by atoms with Gasteiger partial charge in [0.05, 0.1) is 18.3 Å². The molecule has 0 atom stereocenters. The zero-order valence-electron chi connectivity index (χ0n) is 26.3. The molecule has 3 heterocycles. The average Bonchev–Trinajstić information content (AvgIpc) is 3.53. The van der Waals surface area contributed by atoms with E-state index in [1.807, 2.05) is 90.1 Å². The number of benzene rings is 3. The lowest BCUT2D eigenvalue weighted by Gasteiger charge is -2.10. The van der Waals surface area contributed by atoms with Gasteiger partial charge in [-0.15, -0.1) is 0 Å². The highest BCUT2D eigenvalue weighted by Crippen LogP contribution is 2.36. The third-order valence-corrected chi connectivity index (χ3v) is 7.07. The number of para-hydroxylation sites is 2. The molecule has 0 amide bonds. The molecule has 0 saturated heterocycles. The van der Waals surface area contributed by atoms with Gasteiger partial charge in [0.2, 0.25) is 5.82 Å². The van der Waals surface area contributed by atoms with E-state index >= 15 is 0 Å². The first-order valence-electron chi connectivity index (χ1n) is 14.7. The summed E-state index contributed by atoms with van der Waals surface area (Å²) in [5.74, 6) is 1.38. The summed E-state index contributed by atoms with van der Waals surface area (Å²) >= 11 is 0. The summed E-state index contributed by atoms with van der Waals surface area (Å²) in [6.45, 7) is -1.26. The molecule has 0 radical (unpaired) electrons. The zero-order valence-corrected chi connectivity index (χ0v) is 20.3. The predicted molar refractivity (Wildman–Crippen MR) is 145 cm³/mol. The number of hydrogen-bond acceptors (Lipinski definition) is 0. The van der Waals surface area contributed by atoms with Crippen LogP contribution in [0.1, 0.15) is 30.6 Å². The topological polar surface area (TPSA) is 18.7 Å². The quantitative estimate of drug-likeness (QED) is 0.261. The Morgan fingerprint density at radius 2 is 1.54 bits per heavy atom. The second kappa shape index (κ2) is 7.74. The van der Waals surface area contributed by atoms with E-state index in [0.29, 0.717) is 22.2 Å². The Hall–Kier alpha value is -4.05. The SMILES string of the molecule is [2H]C([2H])([2H])c1c(C([2H])([2H])[2H])n(-c2cn(-c3c(C)cccc3C)c(-c3ccccc3)[n+]2C)c2c1c1ccccc1n2C. The van der Waals surface area contributed by atoms with Crippen LogP contribution in [0.2, 0.25) is 0 Å². The number of aryl methyl sites for hydroxylation is 4. The van der Waals surface area contributed by atoms with Gasteiger partial charge in [-0.2, -0.15) is 0 Å². The predicted octanol–water partition coefficient (Wildman–Crippen LogP) is 6.64. The van der Waals surface area contributed by atoms with Crippen LogP contribution >= 0.6 is 0 Å². The van der Waals surface area contributed by atoms with Crippen LogP contribution in [0.15, 0.2) is 79.0 Å². The van der Waals surface area contributed by atoms with Crippen LogP contribution in [0.25, 0.3) is 44.8 Å². The minimum absolute atomic E-state index is 0.134. The molecule has 0 unspecified atom stereocenters. The van der Waals surface area contributed by atoms with Crippen molar-refractivity contribution >= 4 is 21.9 Å². The molecule has 0 spiro atoms. The van der Waals surface area contributed by atoms with Gasteiger partial charge in [0.1, 0.15) is 11.9 Å². The molecule has 6 rings (SSSR count). The van der Waals surface area contributed by atoms with Crippen molar-refractivity contribution in [3.63, 3.8) is 0 Å². The lowest BCUT2D eigenvalue weighted by atomic mass is 10.1. The highest BCUT2D eigenvalue weighted by Gasteiger charge is 2.30. The Labute approximate surface area is 214 Å². The van der Waals surface area contributed by atoms with Gasteiger partial charge in [-0.05, 0) is 62.4 Å². The first-order valence-corrected chi connectivity index (χ1v) is 11.7. The van der Waals surface area contributed by atoms with Crippen molar-refractivity contribution in [1.82, 2.24) is 13.7 Å². The fourth-order valence-electron chi connectivity index (χ4n) is 5.46. The van der Waals surface area contributed by atoms with Crippen molar-refractivity contribution in [2.75, 3.05) is 0 Å². The normalized spacial score (nSPS) is 15.0. The third kappa shape index (κ3) is 2.96. The fourth-order valence-corrected chi connectivity index (χ4v) is 5.46. The lowest BCUT2D eigenvalue weighted by molar-refractivity contribution is -0.653. The van der Waals surface area contributed by atoms with Crippen LogP contribution in [-0.4, -0.2) is 13.7 Å². The van der Waals surface area contributed by atoms with Crippen LogP contribution in [0.4, 0.5) is 0 Å². The second-order valence-corrected chi connectivity index (χ2v) is 9.18. The van der Waals surface area contributed by atoms with Gasteiger partial charge in [0, 0.05) is 31.6 Å². The van der Waals surface area contributed by atoms with Crippen molar-refractivity contribution in [2.45, 2.75) is 27.6 Å². The van der Waals surface area contributed by atoms with Crippen LogP contribution in [0.5, 0.6) is 0 Å². The molecule has 0 aliphatic carbocycles. The summed E-state index contributed by atoms with van der Waals surface area (Å²) in [5.41, 5.74) is 5.07. The maximum absolute atomic E-state index is 8.60. The summed E-state index contributed by atoms with van der Waals surface area (Å²) < 4.78 is 58.9. The van der Waals surface area contributed by atoms with E-state index in [1.54, 1.807) is 4.57 Å². The molecule has 0 N–H and O–H groups in total. The van der Waals surface area contributed by atoms with E-state index < -0.39 is 13.7 Å². The van der Waals surface area contributed by atoms with Gasteiger partial charge in [0.25, 0.3) is 5.82 Å². The highest BCUT2D eigenvalue weighted by molar-refractivity contribution is 6.09. The maximum Gasteiger partial charge on any atom is 0.267 e. The van der Waals surface area contributed by atoms with Crippen molar-refractivity contribution in [3.8, 4) is 22.9 Å².